The predicted molar refractivity (Wildman–Crippen MR) is 179 cm³/mol. The Morgan fingerprint density at radius 1 is 0.702 bits per heavy atom. The molecule has 4 rings (SSSR count). The number of amides is 3. The Hall–Kier alpha value is -4.78. The second-order valence-electron chi connectivity index (χ2n) is 12.6. The van der Waals surface area contributed by atoms with Crippen LogP contribution in [0.4, 0.5) is 9.59 Å². The Labute approximate surface area is 277 Å². The van der Waals surface area contributed by atoms with Gasteiger partial charge in [-0.3, -0.25) is 14.8 Å². The summed E-state index contributed by atoms with van der Waals surface area (Å²) in [6, 6.07) is 7.24. The predicted octanol–water partition coefficient (Wildman–Crippen LogP) is 4.18. The van der Waals surface area contributed by atoms with Gasteiger partial charge in [-0.15, -0.1) is 0 Å². The van der Waals surface area contributed by atoms with E-state index >= 15 is 0 Å². The van der Waals surface area contributed by atoms with Crippen LogP contribution in [0, 0.1) is 0 Å². The number of pyridine rings is 2. The number of piperazine rings is 2. The number of carbonyl (C=O) groups excluding carboxylic acids is 3. The maximum Gasteiger partial charge on any atom is 0.410 e. The SMILES string of the molecule is CC(C)(C)OC(=O)N1CCN(C(=O)/C=C/c2cccnc2)CC1.CC(C)(C)OC(=O)N1CCNCC1.O=C(O)/C=C/c1cccnc1. The quantitative estimate of drug-likeness (QED) is 0.460. The molecule has 2 N–H and O–H groups in total. The van der Waals surface area contributed by atoms with Gasteiger partial charge in [0.1, 0.15) is 11.2 Å². The molecule has 47 heavy (non-hydrogen) atoms. The molecule has 0 bridgehead atoms. The first-order valence-electron chi connectivity index (χ1n) is 15.5. The first kappa shape index (κ1) is 38.4. The van der Waals surface area contributed by atoms with Gasteiger partial charge >= 0.3 is 18.2 Å². The van der Waals surface area contributed by atoms with Crippen molar-refractivity contribution in [2.75, 3.05) is 52.4 Å². The molecule has 2 saturated heterocycles. The first-order valence-corrected chi connectivity index (χ1v) is 15.5. The van der Waals surface area contributed by atoms with Crippen LogP contribution in [0.15, 0.2) is 61.2 Å². The number of hydrogen-bond donors (Lipinski definition) is 2. The summed E-state index contributed by atoms with van der Waals surface area (Å²) in [5, 5.41) is 11.5. The molecule has 2 fully saturated rings. The number of rotatable bonds is 4. The van der Waals surface area contributed by atoms with Gasteiger partial charge in [0.05, 0.1) is 0 Å². The van der Waals surface area contributed by atoms with E-state index in [1.54, 1.807) is 63.8 Å². The third kappa shape index (κ3) is 16.9. The molecule has 2 aliphatic heterocycles. The van der Waals surface area contributed by atoms with Crippen LogP contribution in [-0.4, -0.2) is 117 Å². The molecule has 0 radical (unpaired) electrons. The molecule has 256 valence electrons. The van der Waals surface area contributed by atoms with Gasteiger partial charge in [-0.05, 0) is 77.0 Å². The van der Waals surface area contributed by atoms with Crippen molar-refractivity contribution in [2.45, 2.75) is 52.7 Å². The minimum absolute atomic E-state index is 0.0577. The molecule has 2 aromatic heterocycles. The summed E-state index contributed by atoms with van der Waals surface area (Å²) < 4.78 is 10.6. The van der Waals surface area contributed by atoms with Crippen LogP contribution in [0.25, 0.3) is 12.2 Å². The van der Waals surface area contributed by atoms with Crippen molar-refractivity contribution >= 4 is 36.2 Å². The van der Waals surface area contributed by atoms with Gasteiger partial charge in [0.25, 0.3) is 0 Å². The van der Waals surface area contributed by atoms with E-state index in [9.17, 15) is 19.2 Å². The lowest BCUT2D eigenvalue weighted by atomic mass is 10.2. The Morgan fingerprint density at radius 2 is 1.13 bits per heavy atom. The average molecular weight is 653 g/mol. The fourth-order valence-electron chi connectivity index (χ4n) is 4.00. The Balaban J connectivity index is 0.000000270. The number of nitrogens with one attached hydrogen (secondary N) is 1. The topological polar surface area (TPSA) is 154 Å². The lowest BCUT2D eigenvalue weighted by Gasteiger charge is -2.35. The van der Waals surface area contributed by atoms with E-state index in [-0.39, 0.29) is 23.7 Å². The van der Waals surface area contributed by atoms with E-state index in [4.69, 9.17) is 14.6 Å². The number of aliphatic carboxylic acids is 1. The molecule has 4 heterocycles. The molecule has 0 spiro atoms. The van der Waals surface area contributed by atoms with E-state index in [0.717, 1.165) is 43.4 Å². The number of carboxylic acids is 1. The van der Waals surface area contributed by atoms with E-state index in [0.29, 0.717) is 26.2 Å². The fraction of sp³-hybridized carbons (Fsp3) is 0.471. The highest BCUT2D eigenvalue weighted by Crippen LogP contribution is 2.13. The molecular formula is C34H48N6O7. The van der Waals surface area contributed by atoms with E-state index in [1.165, 1.54) is 6.08 Å². The standard InChI is InChI=1S/C17H23N3O3.C9H18N2O2.C8H7NO2/c1-17(2,3)23-16(22)20-11-9-19(10-12-20)15(21)7-6-14-5-4-8-18-13-14;1-9(2,3)13-8(12)11-6-4-10-5-7-11;10-8(11)4-3-7-2-1-5-9-6-7/h4-8,13H,9-12H2,1-3H3;10H,4-7H2,1-3H3;1-6H,(H,10,11)/b7-6+;;4-3+. The van der Waals surface area contributed by atoms with Gasteiger partial charge in [-0.25, -0.2) is 14.4 Å². The smallest absolute Gasteiger partial charge is 0.410 e. The number of nitrogens with zero attached hydrogens (tertiary/aromatic N) is 5. The highest BCUT2D eigenvalue weighted by molar-refractivity contribution is 5.92. The van der Waals surface area contributed by atoms with Crippen molar-refractivity contribution in [3.8, 4) is 0 Å². The number of ether oxygens (including phenoxy) is 2. The van der Waals surface area contributed by atoms with Crippen molar-refractivity contribution in [2.24, 2.45) is 0 Å². The third-order valence-electron chi connectivity index (χ3n) is 6.22. The number of hydrogen-bond acceptors (Lipinski definition) is 9. The molecule has 3 amide bonds. The van der Waals surface area contributed by atoms with Gasteiger partial charge in [-0.2, -0.15) is 0 Å². The average Bonchev–Trinajstić information content (AvgIpc) is 3.03. The van der Waals surface area contributed by atoms with Crippen molar-refractivity contribution in [3.63, 3.8) is 0 Å². The van der Waals surface area contributed by atoms with Gasteiger partial charge in [0.2, 0.25) is 5.91 Å². The molecule has 0 saturated carbocycles. The molecule has 13 heteroatoms. The molecule has 0 aromatic carbocycles. The lowest BCUT2D eigenvalue weighted by Crippen LogP contribution is -2.51. The molecule has 2 aromatic rings. The zero-order chi connectivity index (χ0) is 34.9. The molecule has 0 unspecified atom stereocenters. The molecule has 13 nitrogen and oxygen atoms in total. The van der Waals surface area contributed by atoms with Crippen LogP contribution < -0.4 is 5.32 Å². The van der Waals surface area contributed by atoms with E-state index in [2.05, 4.69) is 15.3 Å². The van der Waals surface area contributed by atoms with Crippen LogP contribution in [0.2, 0.25) is 0 Å². The van der Waals surface area contributed by atoms with Crippen LogP contribution in [0.1, 0.15) is 52.7 Å². The van der Waals surface area contributed by atoms with Crippen LogP contribution in [0.3, 0.4) is 0 Å². The minimum Gasteiger partial charge on any atom is -0.478 e. The largest absolute Gasteiger partial charge is 0.478 e. The second-order valence-corrected chi connectivity index (χ2v) is 12.6. The summed E-state index contributed by atoms with van der Waals surface area (Å²) in [4.78, 5) is 58.6. The number of carboxylic acid groups (broad SMARTS) is 1. The van der Waals surface area contributed by atoms with Gasteiger partial charge in [0.15, 0.2) is 0 Å². The van der Waals surface area contributed by atoms with E-state index < -0.39 is 11.6 Å². The summed E-state index contributed by atoms with van der Waals surface area (Å²) in [5.74, 6) is -1.01. The maximum absolute atomic E-state index is 12.2. The van der Waals surface area contributed by atoms with Crippen molar-refractivity contribution < 1.29 is 33.8 Å². The normalized spacial score (nSPS) is 15.2. The fourth-order valence-corrected chi connectivity index (χ4v) is 4.00. The Kier molecular flexibility index (Phi) is 15.5. The monoisotopic (exact) mass is 652 g/mol. The molecule has 0 aliphatic carbocycles. The van der Waals surface area contributed by atoms with Crippen LogP contribution >= 0.6 is 0 Å². The highest BCUT2D eigenvalue weighted by atomic mass is 16.6. The summed E-state index contributed by atoms with van der Waals surface area (Å²) in [6.45, 7) is 16.4. The van der Waals surface area contributed by atoms with Gasteiger partial charge < -0.3 is 34.6 Å². The summed E-state index contributed by atoms with van der Waals surface area (Å²) in [6.07, 6.45) is 12.0. The van der Waals surface area contributed by atoms with Crippen molar-refractivity contribution in [3.05, 3.63) is 72.3 Å². The van der Waals surface area contributed by atoms with Crippen LogP contribution in [-0.2, 0) is 19.1 Å². The van der Waals surface area contributed by atoms with Crippen molar-refractivity contribution in [1.82, 2.24) is 30.0 Å². The highest BCUT2D eigenvalue weighted by Gasteiger charge is 2.27. The van der Waals surface area contributed by atoms with Crippen LogP contribution in [0.5, 0.6) is 0 Å². The zero-order valence-corrected chi connectivity index (χ0v) is 28.2. The number of aromatic nitrogens is 2. The summed E-state index contributed by atoms with van der Waals surface area (Å²) in [5.41, 5.74) is 0.779. The minimum atomic E-state index is -0.950. The Bertz CT molecular complexity index is 1320. The number of carbonyl (C=O) groups is 4. The molecule has 2 aliphatic rings. The summed E-state index contributed by atoms with van der Waals surface area (Å²) >= 11 is 0. The van der Waals surface area contributed by atoms with Gasteiger partial charge in [0, 0.05) is 89.3 Å². The van der Waals surface area contributed by atoms with E-state index in [1.807, 2.05) is 53.7 Å². The first-order chi connectivity index (χ1) is 22.1. The second kappa shape index (κ2) is 19.0. The lowest BCUT2D eigenvalue weighted by molar-refractivity contribution is -0.131. The van der Waals surface area contributed by atoms with Crippen molar-refractivity contribution in [1.29, 1.82) is 0 Å². The van der Waals surface area contributed by atoms with Gasteiger partial charge in [-0.1, -0.05) is 12.1 Å². The zero-order valence-electron chi connectivity index (χ0n) is 28.2. The molecular weight excluding hydrogens is 604 g/mol. The summed E-state index contributed by atoms with van der Waals surface area (Å²) in [7, 11) is 0. The Morgan fingerprint density at radius 3 is 1.53 bits per heavy atom. The molecule has 0 atom stereocenters. The maximum atomic E-state index is 12.2. The third-order valence-corrected chi connectivity index (χ3v) is 6.22.